The molecule has 0 fully saturated rings. The molecular formula is C24H42O11. The zero-order chi connectivity index (χ0) is 27.3. The lowest BCUT2D eigenvalue weighted by atomic mass is 9.81. The van der Waals surface area contributed by atoms with Gasteiger partial charge in [-0.1, -0.05) is 40.0 Å². The van der Waals surface area contributed by atoms with Gasteiger partial charge in [-0.15, -0.1) is 0 Å². The highest BCUT2D eigenvalue weighted by Crippen LogP contribution is 2.27. The topological polar surface area (TPSA) is 163 Å². The number of ketones is 1. The molecule has 35 heavy (non-hydrogen) atoms. The maximum Gasteiger partial charge on any atom is 0.340 e. The second kappa shape index (κ2) is 20.8. The van der Waals surface area contributed by atoms with E-state index in [-0.39, 0.29) is 19.8 Å². The van der Waals surface area contributed by atoms with E-state index in [1.807, 2.05) is 20.8 Å². The SMILES string of the molecule is CCCCOC(=O)CC(O)(C(=O)OCCCC)C(C(C)=O)C(=O)OCCCC.CCOC(=O)CO. The minimum Gasteiger partial charge on any atom is -0.466 e. The molecule has 2 unspecified atom stereocenters. The van der Waals surface area contributed by atoms with Crippen LogP contribution in [0.4, 0.5) is 0 Å². The Morgan fingerprint density at radius 3 is 1.63 bits per heavy atom. The van der Waals surface area contributed by atoms with Gasteiger partial charge in [0, 0.05) is 0 Å². The largest absolute Gasteiger partial charge is 0.466 e. The molecule has 0 spiro atoms. The van der Waals surface area contributed by atoms with Crippen molar-refractivity contribution in [2.24, 2.45) is 5.92 Å². The van der Waals surface area contributed by atoms with Crippen molar-refractivity contribution in [2.75, 3.05) is 33.0 Å². The molecule has 0 rings (SSSR count). The van der Waals surface area contributed by atoms with Gasteiger partial charge in [-0.2, -0.15) is 0 Å². The van der Waals surface area contributed by atoms with Crippen LogP contribution in [0.25, 0.3) is 0 Å². The van der Waals surface area contributed by atoms with Crippen molar-refractivity contribution in [2.45, 2.75) is 85.2 Å². The van der Waals surface area contributed by atoms with Crippen LogP contribution in [0.2, 0.25) is 0 Å². The number of carbonyl (C=O) groups excluding carboxylic acids is 5. The van der Waals surface area contributed by atoms with Crippen LogP contribution >= 0.6 is 0 Å². The molecule has 0 saturated carbocycles. The van der Waals surface area contributed by atoms with Crippen molar-refractivity contribution < 1.29 is 53.1 Å². The first-order valence-electron chi connectivity index (χ1n) is 12.0. The first-order valence-corrected chi connectivity index (χ1v) is 12.0. The van der Waals surface area contributed by atoms with E-state index >= 15 is 0 Å². The molecule has 0 aromatic carbocycles. The Morgan fingerprint density at radius 1 is 0.743 bits per heavy atom. The smallest absolute Gasteiger partial charge is 0.340 e. The quantitative estimate of drug-likeness (QED) is 0.128. The Kier molecular flexibility index (Phi) is 20.6. The van der Waals surface area contributed by atoms with Gasteiger partial charge in [0.2, 0.25) is 0 Å². The Morgan fingerprint density at radius 2 is 1.23 bits per heavy atom. The Balaban J connectivity index is 0. The number of hydrogen-bond acceptors (Lipinski definition) is 11. The van der Waals surface area contributed by atoms with Crippen molar-refractivity contribution in [1.29, 1.82) is 0 Å². The summed E-state index contributed by atoms with van der Waals surface area (Å²) in [4.78, 5) is 59.1. The summed E-state index contributed by atoms with van der Waals surface area (Å²) in [6, 6.07) is 0. The molecule has 0 aliphatic carbocycles. The molecule has 0 aromatic rings. The van der Waals surface area contributed by atoms with Gasteiger partial charge in [0.25, 0.3) is 0 Å². The van der Waals surface area contributed by atoms with E-state index in [0.29, 0.717) is 25.9 Å². The molecular weight excluding hydrogens is 464 g/mol. The molecule has 0 aromatic heterocycles. The van der Waals surface area contributed by atoms with E-state index in [0.717, 1.165) is 26.2 Å². The van der Waals surface area contributed by atoms with Crippen molar-refractivity contribution >= 4 is 29.7 Å². The van der Waals surface area contributed by atoms with Gasteiger partial charge in [-0.25, -0.2) is 9.59 Å². The normalized spacial score (nSPS) is 12.8. The maximum absolute atomic E-state index is 12.5. The van der Waals surface area contributed by atoms with Crippen LogP contribution in [0, 0.1) is 5.92 Å². The first-order chi connectivity index (χ1) is 16.5. The van der Waals surface area contributed by atoms with Gasteiger partial charge in [-0.3, -0.25) is 14.4 Å². The maximum atomic E-state index is 12.5. The van der Waals surface area contributed by atoms with Crippen molar-refractivity contribution in [3.63, 3.8) is 0 Å². The van der Waals surface area contributed by atoms with Crippen LogP contribution in [-0.2, 0) is 42.9 Å². The molecule has 0 radical (unpaired) electrons. The number of hydrogen-bond donors (Lipinski definition) is 2. The van der Waals surface area contributed by atoms with Crippen LogP contribution in [0.3, 0.4) is 0 Å². The predicted molar refractivity (Wildman–Crippen MR) is 125 cm³/mol. The molecule has 0 saturated heterocycles. The average Bonchev–Trinajstić information content (AvgIpc) is 2.79. The van der Waals surface area contributed by atoms with Crippen molar-refractivity contribution in [1.82, 2.24) is 0 Å². The van der Waals surface area contributed by atoms with Gasteiger partial charge in [0.1, 0.15) is 12.4 Å². The van der Waals surface area contributed by atoms with E-state index < -0.39 is 54.2 Å². The fraction of sp³-hybridized carbons (Fsp3) is 0.792. The number of aliphatic hydroxyl groups excluding tert-OH is 1. The lowest BCUT2D eigenvalue weighted by Crippen LogP contribution is -2.55. The summed E-state index contributed by atoms with van der Waals surface area (Å²) in [5, 5.41) is 19.0. The third kappa shape index (κ3) is 15.2. The van der Waals surface area contributed by atoms with Crippen molar-refractivity contribution in [3.8, 4) is 0 Å². The molecule has 2 N–H and O–H groups in total. The molecule has 0 amide bonds. The first kappa shape index (κ1) is 34.6. The van der Waals surface area contributed by atoms with E-state index in [4.69, 9.17) is 19.3 Å². The third-order valence-electron chi connectivity index (χ3n) is 4.56. The average molecular weight is 507 g/mol. The number of esters is 4. The molecule has 0 bridgehead atoms. The second-order valence-corrected chi connectivity index (χ2v) is 7.69. The fourth-order valence-corrected chi connectivity index (χ4v) is 2.63. The van der Waals surface area contributed by atoms with Crippen molar-refractivity contribution in [3.05, 3.63) is 0 Å². The highest BCUT2D eigenvalue weighted by atomic mass is 16.6. The summed E-state index contributed by atoms with van der Waals surface area (Å²) in [6.07, 6.45) is 3.12. The van der Waals surface area contributed by atoms with E-state index in [9.17, 15) is 29.1 Å². The number of rotatable bonds is 17. The van der Waals surface area contributed by atoms with Gasteiger partial charge in [0.05, 0.1) is 32.8 Å². The zero-order valence-corrected chi connectivity index (χ0v) is 21.6. The number of carbonyl (C=O) groups is 5. The number of ether oxygens (including phenoxy) is 4. The van der Waals surface area contributed by atoms with E-state index in [1.165, 1.54) is 0 Å². The van der Waals surface area contributed by atoms with Crippen LogP contribution in [-0.4, -0.2) is 78.5 Å². The summed E-state index contributed by atoms with van der Waals surface area (Å²) in [6.45, 7) is 8.40. The molecule has 0 aliphatic rings. The zero-order valence-electron chi connectivity index (χ0n) is 21.6. The molecule has 2 atom stereocenters. The summed E-state index contributed by atoms with van der Waals surface area (Å²) in [5.41, 5.74) is -2.67. The van der Waals surface area contributed by atoms with Crippen LogP contribution in [0.15, 0.2) is 0 Å². The summed E-state index contributed by atoms with van der Waals surface area (Å²) in [5.74, 6) is -6.38. The summed E-state index contributed by atoms with van der Waals surface area (Å²) < 4.78 is 19.3. The summed E-state index contributed by atoms with van der Waals surface area (Å²) >= 11 is 0. The lowest BCUT2D eigenvalue weighted by molar-refractivity contribution is -0.187. The van der Waals surface area contributed by atoms with Gasteiger partial charge in [0.15, 0.2) is 11.5 Å². The number of Topliss-reactive ketones (excluding diaryl/α,β-unsaturated/α-hetero) is 1. The lowest BCUT2D eigenvalue weighted by Gasteiger charge is -2.30. The number of aliphatic hydroxyl groups is 2. The van der Waals surface area contributed by atoms with E-state index in [1.54, 1.807) is 6.92 Å². The Hall–Kier alpha value is -2.53. The third-order valence-corrected chi connectivity index (χ3v) is 4.56. The second-order valence-electron chi connectivity index (χ2n) is 7.69. The van der Waals surface area contributed by atoms with Crippen LogP contribution < -0.4 is 0 Å². The highest BCUT2D eigenvalue weighted by Gasteiger charge is 2.54. The molecule has 11 heteroatoms. The molecule has 0 aliphatic heterocycles. The van der Waals surface area contributed by atoms with Crippen LogP contribution in [0.5, 0.6) is 0 Å². The standard InChI is InChI=1S/C20H34O8.C4H8O3/c1-5-8-11-26-16(22)14-20(25,19(24)28-13-10-7-3)17(15(4)21)18(23)27-12-9-6-2;1-2-7-4(6)3-5/h17,25H,5-14H2,1-4H3;5H,2-3H2,1H3. The predicted octanol–water partition coefficient (Wildman–Crippen LogP) is 1.88. The minimum atomic E-state index is -2.67. The molecule has 11 nitrogen and oxygen atoms in total. The molecule has 0 heterocycles. The monoisotopic (exact) mass is 506 g/mol. The fourth-order valence-electron chi connectivity index (χ4n) is 2.63. The highest BCUT2D eigenvalue weighted by molar-refractivity contribution is 6.05. The Bertz CT molecular complexity index is 647. The minimum absolute atomic E-state index is 0.00195. The van der Waals surface area contributed by atoms with Gasteiger partial charge >= 0.3 is 23.9 Å². The molecule has 204 valence electrons. The Labute approximate surface area is 207 Å². The van der Waals surface area contributed by atoms with Gasteiger partial charge in [-0.05, 0) is 33.1 Å². The summed E-state index contributed by atoms with van der Waals surface area (Å²) in [7, 11) is 0. The van der Waals surface area contributed by atoms with Gasteiger partial charge < -0.3 is 29.2 Å². The number of unbranched alkanes of at least 4 members (excludes halogenated alkanes) is 3. The van der Waals surface area contributed by atoms with Crippen LogP contribution in [0.1, 0.15) is 79.6 Å². The van der Waals surface area contributed by atoms with E-state index in [2.05, 4.69) is 4.74 Å².